The molecule has 0 aliphatic carbocycles. The summed E-state index contributed by atoms with van der Waals surface area (Å²) in [4.78, 5) is 25.3. The number of hydrogen-bond acceptors (Lipinski definition) is 6. The SMILES string of the molecule is CCCCNC(=O)OCCN(CCOC(=O)NCCCC)CC(O)c1ccc(Cl)cc1. The Bertz CT molecular complexity index is 602. The van der Waals surface area contributed by atoms with E-state index in [9.17, 15) is 14.7 Å². The molecule has 3 N–H and O–H groups in total. The second kappa shape index (κ2) is 16.6. The first-order valence-corrected chi connectivity index (χ1v) is 11.3. The summed E-state index contributed by atoms with van der Waals surface area (Å²) in [6.45, 7) is 6.65. The molecule has 176 valence electrons. The number of rotatable bonds is 15. The van der Waals surface area contributed by atoms with Gasteiger partial charge in [0.15, 0.2) is 0 Å². The molecular weight excluding hydrogens is 422 g/mol. The van der Waals surface area contributed by atoms with E-state index < -0.39 is 18.3 Å². The Hall–Kier alpha value is -2.03. The topological polar surface area (TPSA) is 100 Å². The second-order valence-corrected chi connectivity index (χ2v) is 7.64. The number of aliphatic hydroxyl groups excluding tert-OH is 1. The number of unbranched alkanes of at least 4 members (excludes halogenated alkanes) is 2. The van der Waals surface area contributed by atoms with Crippen molar-refractivity contribution >= 4 is 23.8 Å². The number of benzene rings is 1. The molecule has 2 amide bonds. The zero-order chi connectivity index (χ0) is 22.9. The largest absolute Gasteiger partial charge is 0.448 e. The number of nitrogens with zero attached hydrogens (tertiary/aromatic N) is 1. The van der Waals surface area contributed by atoms with E-state index in [1.807, 2.05) is 18.7 Å². The summed E-state index contributed by atoms with van der Waals surface area (Å²) in [6, 6.07) is 6.97. The number of hydrogen-bond donors (Lipinski definition) is 3. The van der Waals surface area contributed by atoms with Crippen molar-refractivity contribution in [2.75, 3.05) is 45.9 Å². The molecule has 0 fully saturated rings. The average Bonchev–Trinajstić information content (AvgIpc) is 2.74. The first kappa shape index (κ1) is 27.0. The highest BCUT2D eigenvalue weighted by molar-refractivity contribution is 6.30. The zero-order valence-corrected chi connectivity index (χ0v) is 19.3. The van der Waals surface area contributed by atoms with Gasteiger partial charge in [0.2, 0.25) is 0 Å². The van der Waals surface area contributed by atoms with Crippen LogP contribution in [0.4, 0.5) is 9.59 Å². The van der Waals surface area contributed by atoms with E-state index in [1.54, 1.807) is 24.3 Å². The third kappa shape index (κ3) is 13.1. The Morgan fingerprint density at radius 2 is 1.45 bits per heavy atom. The minimum Gasteiger partial charge on any atom is -0.448 e. The lowest BCUT2D eigenvalue weighted by molar-refractivity contribution is 0.0724. The van der Waals surface area contributed by atoms with Crippen LogP contribution < -0.4 is 10.6 Å². The maximum atomic E-state index is 11.7. The molecule has 0 aromatic heterocycles. The van der Waals surface area contributed by atoms with E-state index >= 15 is 0 Å². The van der Waals surface area contributed by atoms with Gasteiger partial charge in [0, 0.05) is 37.7 Å². The highest BCUT2D eigenvalue weighted by Crippen LogP contribution is 2.17. The predicted octanol–water partition coefficient (Wildman–Crippen LogP) is 3.73. The first-order chi connectivity index (χ1) is 15.0. The molecule has 0 aliphatic heterocycles. The van der Waals surface area contributed by atoms with Crippen molar-refractivity contribution in [3.8, 4) is 0 Å². The van der Waals surface area contributed by atoms with Gasteiger partial charge in [-0.05, 0) is 30.5 Å². The molecule has 0 radical (unpaired) electrons. The van der Waals surface area contributed by atoms with Crippen molar-refractivity contribution in [2.45, 2.75) is 45.6 Å². The van der Waals surface area contributed by atoms with E-state index in [0.717, 1.165) is 31.2 Å². The third-order valence-corrected chi connectivity index (χ3v) is 4.82. The summed E-state index contributed by atoms with van der Waals surface area (Å²) in [5.41, 5.74) is 0.728. The maximum Gasteiger partial charge on any atom is 0.407 e. The van der Waals surface area contributed by atoms with Gasteiger partial charge in [-0.3, -0.25) is 4.90 Å². The van der Waals surface area contributed by atoms with Crippen LogP contribution >= 0.6 is 11.6 Å². The first-order valence-electron chi connectivity index (χ1n) is 10.9. The molecule has 9 heteroatoms. The van der Waals surface area contributed by atoms with Crippen LogP contribution in [0.25, 0.3) is 0 Å². The van der Waals surface area contributed by atoms with Crippen LogP contribution in [0.3, 0.4) is 0 Å². The smallest absolute Gasteiger partial charge is 0.407 e. The van der Waals surface area contributed by atoms with E-state index in [4.69, 9.17) is 21.1 Å². The van der Waals surface area contributed by atoms with Gasteiger partial charge in [-0.1, -0.05) is 50.4 Å². The van der Waals surface area contributed by atoms with Gasteiger partial charge in [-0.25, -0.2) is 9.59 Å². The Kier molecular flexibility index (Phi) is 14.5. The average molecular weight is 458 g/mol. The Morgan fingerprint density at radius 1 is 0.968 bits per heavy atom. The van der Waals surface area contributed by atoms with E-state index in [2.05, 4.69) is 10.6 Å². The lowest BCUT2D eigenvalue weighted by atomic mass is 10.1. The monoisotopic (exact) mass is 457 g/mol. The van der Waals surface area contributed by atoms with Crippen LogP contribution in [0.15, 0.2) is 24.3 Å². The van der Waals surface area contributed by atoms with Crippen molar-refractivity contribution in [3.63, 3.8) is 0 Å². The van der Waals surface area contributed by atoms with Crippen LogP contribution in [-0.2, 0) is 9.47 Å². The number of carbonyl (C=O) groups is 2. The van der Waals surface area contributed by atoms with Crippen LogP contribution in [0.1, 0.15) is 51.2 Å². The lowest BCUT2D eigenvalue weighted by Crippen LogP contribution is -2.37. The molecule has 1 rings (SSSR count). The van der Waals surface area contributed by atoms with Crippen LogP contribution in [0.5, 0.6) is 0 Å². The Morgan fingerprint density at radius 3 is 1.90 bits per heavy atom. The molecule has 0 heterocycles. The summed E-state index contributed by atoms with van der Waals surface area (Å²) in [5, 5.41) is 16.5. The fourth-order valence-corrected chi connectivity index (χ4v) is 2.83. The molecule has 0 saturated heterocycles. The molecule has 0 spiro atoms. The summed E-state index contributed by atoms with van der Waals surface area (Å²) in [7, 11) is 0. The number of amides is 2. The van der Waals surface area contributed by atoms with Crippen LogP contribution in [0.2, 0.25) is 5.02 Å². The van der Waals surface area contributed by atoms with E-state index in [0.29, 0.717) is 37.7 Å². The second-order valence-electron chi connectivity index (χ2n) is 7.20. The molecule has 1 aromatic carbocycles. The minimum atomic E-state index is -0.756. The summed E-state index contributed by atoms with van der Waals surface area (Å²) in [6.07, 6.45) is 2.09. The van der Waals surface area contributed by atoms with Gasteiger partial charge in [0.25, 0.3) is 0 Å². The standard InChI is InChI=1S/C22H36ClN3O5/c1-3-5-11-24-21(28)30-15-13-26(14-16-31-22(29)25-12-6-4-2)17-20(27)18-7-9-19(23)10-8-18/h7-10,20,27H,3-6,11-17H2,1-2H3,(H,24,28)(H,25,29). The van der Waals surface area contributed by atoms with Crippen molar-refractivity contribution in [2.24, 2.45) is 0 Å². The van der Waals surface area contributed by atoms with E-state index in [-0.39, 0.29) is 13.2 Å². The fourth-order valence-electron chi connectivity index (χ4n) is 2.70. The molecule has 1 atom stereocenters. The summed E-state index contributed by atoms with van der Waals surface area (Å²) < 4.78 is 10.4. The number of halogens is 1. The van der Waals surface area contributed by atoms with Gasteiger partial charge >= 0.3 is 12.2 Å². The molecule has 1 unspecified atom stereocenters. The molecule has 0 saturated carbocycles. The summed E-state index contributed by atoms with van der Waals surface area (Å²) in [5.74, 6) is 0. The normalized spacial score (nSPS) is 11.8. The highest BCUT2D eigenvalue weighted by atomic mass is 35.5. The molecular formula is C22H36ClN3O5. The minimum absolute atomic E-state index is 0.161. The zero-order valence-electron chi connectivity index (χ0n) is 18.6. The molecule has 31 heavy (non-hydrogen) atoms. The predicted molar refractivity (Wildman–Crippen MR) is 121 cm³/mol. The number of alkyl carbamates (subject to hydrolysis) is 2. The quantitative estimate of drug-likeness (QED) is 0.347. The fraction of sp³-hybridized carbons (Fsp3) is 0.636. The Balaban J connectivity index is 2.50. The van der Waals surface area contributed by atoms with Gasteiger partial charge in [0.1, 0.15) is 13.2 Å². The van der Waals surface area contributed by atoms with Crippen molar-refractivity contribution in [3.05, 3.63) is 34.9 Å². The molecule has 0 bridgehead atoms. The van der Waals surface area contributed by atoms with Gasteiger partial charge in [-0.2, -0.15) is 0 Å². The molecule has 0 aliphatic rings. The van der Waals surface area contributed by atoms with Crippen molar-refractivity contribution in [1.82, 2.24) is 15.5 Å². The Labute approximate surface area is 190 Å². The molecule has 1 aromatic rings. The third-order valence-electron chi connectivity index (χ3n) is 4.57. The number of ether oxygens (including phenoxy) is 2. The van der Waals surface area contributed by atoms with Crippen molar-refractivity contribution < 1.29 is 24.2 Å². The summed E-state index contributed by atoms with van der Waals surface area (Å²) >= 11 is 5.91. The van der Waals surface area contributed by atoms with Gasteiger partial charge in [0.05, 0.1) is 6.10 Å². The van der Waals surface area contributed by atoms with Crippen LogP contribution in [0, 0.1) is 0 Å². The number of nitrogens with one attached hydrogen (secondary N) is 2. The van der Waals surface area contributed by atoms with E-state index in [1.165, 1.54) is 0 Å². The molecule has 8 nitrogen and oxygen atoms in total. The number of aliphatic hydroxyl groups is 1. The van der Waals surface area contributed by atoms with Crippen LogP contribution in [-0.4, -0.2) is 68.1 Å². The van der Waals surface area contributed by atoms with Crippen molar-refractivity contribution in [1.29, 1.82) is 0 Å². The lowest BCUT2D eigenvalue weighted by Gasteiger charge is -2.25. The number of carbonyl (C=O) groups excluding carboxylic acids is 2. The van der Waals surface area contributed by atoms with Gasteiger partial charge in [-0.15, -0.1) is 0 Å². The highest BCUT2D eigenvalue weighted by Gasteiger charge is 2.15. The van der Waals surface area contributed by atoms with Gasteiger partial charge < -0.3 is 25.2 Å². The maximum absolute atomic E-state index is 11.7.